The maximum absolute atomic E-state index is 6.81. The summed E-state index contributed by atoms with van der Waals surface area (Å²) in [5.41, 5.74) is 0. The number of thiol groups is 1. The van der Waals surface area contributed by atoms with E-state index in [2.05, 4.69) is 6.92 Å². The predicted molar refractivity (Wildman–Crippen MR) is 34.0 cm³/mol. The monoisotopic (exact) mass is 120 g/mol. The van der Waals surface area contributed by atoms with Gasteiger partial charge in [-0.2, -0.15) is 0 Å². The zero-order valence-electron chi connectivity index (χ0n) is 4.57. The molecule has 0 aliphatic heterocycles. The van der Waals surface area contributed by atoms with Crippen LogP contribution in [0, 0.1) is 9.56 Å². The van der Waals surface area contributed by atoms with Crippen molar-refractivity contribution in [3.63, 3.8) is 0 Å². The van der Waals surface area contributed by atoms with Gasteiger partial charge in [0.25, 0.3) is 0 Å². The van der Waals surface area contributed by atoms with Crippen molar-refractivity contribution in [3.05, 3.63) is 0 Å². The van der Waals surface area contributed by atoms with Gasteiger partial charge in [0, 0.05) is 5.75 Å². The Balaban J connectivity index is 2.98. The smallest absolute Gasteiger partial charge is 0.0104 e. The van der Waals surface area contributed by atoms with E-state index in [4.69, 9.17) is 9.56 Å². The van der Waals surface area contributed by atoms with Gasteiger partial charge in [-0.15, -0.1) is 0 Å². The van der Waals surface area contributed by atoms with Crippen molar-refractivity contribution < 1.29 is 0 Å². The second kappa shape index (κ2) is 4.12. The zero-order chi connectivity index (χ0) is 5.70. The van der Waals surface area contributed by atoms with E-state index in [9.17, 15) is 0 Å². The van der Waals surface area contributed by atoms with E-state index in [1.807, 2.05) is 0 Å². The minimum Gasteiger partial charge on any atom is -0.273 e. The summed E-state index contributed by atoms with van der Waals surface area (Å²) < 4.78 is 13.6. The number of nitrogens with one attached hydrogen (secondary N) is 2. The minimum atomic E-state index is -1.11. The lowest BCUT2D eigenvalue weighted by atomic mass is 10.4. The molecule has 0 amide bonds. The summed E-state index contributed by atoms with van der Waals surface area (Å²) >= 11 is 0. The Kier molecular flexibility index (Phi) is 4.09. The van der Waals surface area contributed by atoms with Gasteiger partial charge in [0.05, 0.1) is 0 Å². The first kappa shape index (κ1) is 6.95. The third-order valence-corrected chi connectivity index (χ3v) is 1.50. The Morgan fingerprint density at radius 1 is 1.43 bits per heavy atom. The molecule has 0 aromatic heterocycles. The van der Waals surface area contributed by atoms with Crippen LogP contribution in [-0.4, -0.2) is 5.75 Å². The summed E-state index contributed by atoms with van der Waals surface area (Å²) in [5, 5.41) is 0. The summed E-state index contributed by atoms with van der Waals surface area (Å²) in [5.74, 6) is 0.797. The first-order valence-electron chi connectivity index (χ1n) is 2.47. The van der Waals surface area contributed by atoms with Gasteiger partial charge in [-0.3, -0.25) is 9.56 Å². The fourth-order valence-corrected chi connectivity index (χ4v) is 0.949. The Morgan fingerprint density at radius 2 is 2.00 bits per heavy atom. The molecule has 0 aromatic carbocycles. The van der Waals surface area contributed by atoms with Crippen LogP contribution in [0.25, 0.3) is 0 Å². The van der Waals surface area contributed by atoms with E-state index < -0.39 is 10.5 Å². The molecule has 0 fully saturated rings. The maximum Gasteiger partial charge on any atom is 0.0104 e. The van der Waals surface area contributed by atoms with Crippen molar-refractivity contribution in [3.8, 4) is 0 Å². The molecule has 3 heteroatoms. The van der Waals surface area contributed by atoms with Crippen LogP contribution in [0.3, 0.4) is 0 Å². The van der Waals surface area contributed by atoms with Crippen LogP contribution in [0.5, 0.6) is 0 Å². The molecule has 7 heavy (non-hydrogen) atoms. The molecule has 2 nitrogen and oxygen atoms in total. The summed E-state index contributed by atoms with van der Waals surface area (Å²) in [6, 6.07) is 0. The molecule has 0 unspecified atom stereocenters. The molecule has 0 rings (SSSR count). The van der Waals surface area contributed by atoms with Gasteiger partial charge in [-0.25, -0.2) is 0 Å². The molecule has 0 heterocycles. The highest BCUT2D eigenvalue weighted by molar-refractivity contribution is 7.74. The standard InChI is InChI=1S/C4H12N2S/c1-2-3-4-7(5)6/h5-7H,2-4H2,1H3. The van der Waals surface area contributed by atoms with Gasteiger partial charge in [0.2, 0.25) is 0 Å². The summed E-state index contributed by atoms with van der Waals surface area (Å²) in [6.07, 6.45) is 2.18. The van der Waals surface area contributed by atoms with Crippen molar-refractivity contribution in [2.45, 2.75) is 19.8 Å². The number of unbranched alkanes of at least 4 members (excludes halogenated alkanes) is 1. The van der Waals surface area contributed by atoms with E-state index in [1.165, 1.54) is 0 Å². The molecular formula is C4H12N2S. The van der Waals surface area contributed by atoms with Crippen molar-refractivity contribution in [2.75, 3.05) is 5.75 Å². The Labute approximate surface area is 46.4 Å². The zero-order valence-corrected chi connectivity index (χ0v) is 5.46. The van der Waals surface area contributed by atoms with Crippen molar-refractivity contribution in [1.29, 1.82) is 9.56 Å². The van der Waals surface area contributed by atoms with E-state index in [0.717, 1.165) is 18.6 Å². The third-order valence-electron chi connectivity index (χ3n) is 0.735. The average molecular weight is 120 g/mol. The van der Waals surface area contributed by atoms with Crippen LogP contribution in [0.4, 0.5) is 0 Å². The molecule has 0 aromatic rings. The number of hydrogen-bond donors (Lipinski definition) is 3. The van der Waals surface area contributed by atoms with Crippen LogP contribution < -0.4 is 0 Å². The quantitative estimate of drug-likeness (QED) is 0.474. The highest BCUT2D eigenvalue weighted by Crippen LogP contribution is 1.84. The molecule has 0 atom stereocenters. The summed E-state index contributed by atoms with van der Waals surface area (Å²) in [6.45, 7) is 2.08. The van der Waals surface area contributed by atoms with Gasteiger partial charge in [0.15, 0.2) is 0 Å². The highest BCUT2D eigenvalue weighted by atomic mass is 32.2. The van der Waals surface area contributed by atoms with Crippen LogP contribution in [0.1, 0.15) is 19.8 Å². The fraction of sp³-hybridized carbons (Fsp3) is 1.00. The largest absolute Gasteiger partial charge is 0.273 e. The van der Waals surface area contributed by atoms with E-state index in [-0.39, 0.29) is 0 Å². The van der Waals surface area contributed by atoms with Gasteiger partial charge < -0.3 is 0 Å². The van der Waals surface area contributed by atoms with Gasteiger partial charge in [0.1, 0.15) is 0 Å². The highest BCUT2D eigenvalue weighted by Gasteiger charge is 1.76. The molecular weight excluding hydrogens is 108 g/mol. The van der Waals surface area contributed by atoms with Crippen LogP contribution in [0.15, 0.2) is 0 Å². The molecule has 0 saturated carbocycles. The first-order chi connectivity index (χ1) is 3.27. The van der Waals surface area contributed by atoms with Crippen molar-refractivity contribution >= 4 is 10.5 Å². The SMILES string of the molecule is CCCC[SH](=N)=N. The number of rotatable bonds is 3. The first-order valence-corrected chi connectivity index (χ1v) is 4.00. The van der Waals surface area contributed by atoms with Gasteiger partial charge in [-0.05, 0) is 6.42 Å². The normalized spacial score (nSPS) is 10.0. The molecule has 44 valence electrons. The van der Waals surface area contributed by atoms with Crippen molar-refractivity contribution in [2.24, 2.45) is 0 Å². The molecule has 0 spiro atoms. The summed E-state index contributed by atoms with van der Waals surface area (Å²) in [4.78, 5) is 0. The third kappa shape index (κ3) is 5.95. The minimum absolute atomic E-state index is 0.797. The van der Waals surface area contributed by atoms with Crippen LogP contribution >= 0.6 is 0 Å². The van der Waals surface area contributed by atoms with E-state index in [0.29, 0.717) is 0 Å². The van der Waals surface area contributed by atoms with Crippen molar-refractivity contribution in [1.82, 2.24) is 0 Å². The molecule has 2 N–H and O–H groups in total. The van der Waals surface area contributed by atoms with Crippen LogP contribution in [-0.2, 0) is 10.5 Å². The van der Waals surface area contributed by atoms with Gasteiger partial charge in [-0.1, -0.05) is 23.8 Å². The topological polar surface area (TPSA) is 47.7 Å². The Bertz CT molecular complexity index is 87.9. The second-order valence-electron chi connectivity index (χ2n) is 1.51. The summed E-state index contributed by atoms with van der Waals surface area (Å²) in [7, 11) is -1.11. The lowest BCUT2D eigenvalue weighted by Crippen LogP contribution is -1.80. The van der Waals surface area contributed by atoms with Gasteiger partial charge >= 0.3 is 0 Å². The molecule has 0 aliphatic rings. The molecule has 0 aliphatic carbocycles. The molecule has 0 saturated heterocycles. The Morgan fingerprint density at radius 3 is 2.14 bits per heavy atom. The molecule has 0 radical (unpaired) electrons. The van der Waals surface area contributed by atoms with E-state index >= 15 is 0 Å². The van der Waals surface area contributed by atoms with Crippen LogP contribution in [0.2, 0.25) is 0 Å². The lowest BCUT2D eigenvalue weighted by molar-refractivity contribution is 0.894. The average Bonchev–Trinajstić information content (AvgIpc) is 1.61. The second-order valence-corrected chi connectivity index (χ2v) is 2.81. The Hall–Kier alpha value is -0.0500. The lowest BCUT2D eigenvalue weighted by Gasteiger charge is -1.85. The maximum atomic E-state index is 6.81. The predicted octanol–water partition coefficient (Wildman–Crippen LogP) is 1.66. The molecule has 0 bridgehead atoms. The van der Waals surface area contributed by atoms with E-state index in [1.54, 1.807) is 0 Å². The number of hydrogen-bond acceptors (Lipinski definition) is 2. The fourth-order valence-electron chi connectivity index (χ4n) is 0.316.